The van der Waals surface area contributed by atoms with Crippen LogP contribution in [0, 0.1) is 0 Å². The van der Waals surface area contributed by atoms with Crippen molar-refractivity contribution in [2.24, 2.45) is 0 Å². The quantitative estimate of drug-likeness (QED) is 0.284. The number of hydrogen-bond donors (Lipinski definition) is 4. The Morgan fingerprint density at radius 2 is 1.15 bits per heavy atom. The van der Waals surface area contributed by atoms with Gasteiger partial charge < -0.3 is 25.0 Å². The molecule has 0 bridgehead atoms. The first-order valence-electron chi connectivity index (χ1n) is 9.13. The van der Waals surface area contributed by atoms with E-state index in [0.717, 1.165) is 0 Å². The average molecular weight is 417 g/mol. The minimum Gasteiger partial charge on any atom is -0.453 e. The average Bonchev–Trinajstić information content (AvgIpc) is 2.52. The lowest BCUT2D eigenvalue weighted by Gasteiger charge is -2.42. The van der Waals surface area contributed by atoms with Crippen molar-refractivity contribution in [3.05, 3.63) is 24.3 Å². The van der Waals surface area contributed by atoms with Crippen LogP contribution in [-0.2, 0) is 13.7 Å². The summed E-state index contributed by atoms with van der Waals surface area (Å²) < 4.78 is 6.58. The fourth-order valence-electron chi connectivity index (χ4n) is 2.83. The Hall–Kier alpha value is -1.27. The van der Waals surface area contributed by atoms with Gasteiger partial charge >= 0.3 is 0 Å². The van der Waals surface area contributed by atoms with E-state index in [-0.39, 0.29) is 36.4 Å². The molecule has 0 fully saturated rings. The van der Waals surface area contributed by atoms with Crippen molar-refractivity contribution in [1.29, 1.82) is 0 Å². The molecule has 0 aliphatic carbocycles. The molecule has 156 valence electrons. The van der Waals surface area contributed by atoms with E-state index in [1.165, 1.54) is 0 Å². The summed E-state index contributed by atoms with van der Waals surface area (Å²) in [4.78, 5) is 24.2. The van der Waals surface area contributed by atoms with Crippen molar-refractivity contribution < 1.29 is 23.9 Å². The third-order valence-electron chi connectivity index (χ3n) is 4.43. The number of amides is 2. The molecular formula is C18H36N2O5Si2. The van der Waals surface area contributed by atoms with Crippen LogP contribution in [-0.4, -0.2) is 63.2 Å². The van der Waals surface area contributed by atoms with Crippen LogP contribution >= 0.6 is 0 Å². The number of hydrogen-bond acceptors (Lipinski definition) is 5. The Morgan fingerprint density at radius 3 is 1.37 bits per heavy atom. The molecule has 0 aliphatic rings. The van der Waals surface area contributed by atoms with Crippen molar-refractivity contribution in [2.75, 3.05) is 13.2 Å². The number of carbonyl (C=O) groups is 2. The van der Waals surface area contributed by atoms with E-state index in [0.29, 0.717) is 24.0 Å². The zero-order chi connectivity index (χ0) is 21.4. The van der Waals surface area contributed by atoms with Crippen LogP contribution in [0.3, 0.4) is 0 Å². The van der Waals surface area contributed by atoms with Crippen LogP contribution in [0.25, 0.3) is 0 Å². The fourth-order valence-corrected chi connectivity index (χ4v) is 12.0. The van der Waals surface area contributed by atoms with Gasteiger partial charge in [0.2, 0.25) is 11.8 Å². The summed E-state index contributed by atoms with van der Waals surface area (Å²) in [5.74, 6) is -0.529. The summed E-state index contributed by atoms with van der Waals surface area (Å²) in [7, 11) is -4.99. The zero-order valence-electron chi connectivity index (χ0n) is 17.5. The van der Waals surface area contributed by atoms with Crippen molar-refractivity contribution in [1.82, 2.24) is 10.6 Å². The van der Waals surface area contributed by atoms with Crippen molar-refractivity contribution in [2.45, 2.75) is 64.2 Å². The lowest BCUT2D eigenvalue weighted by molar-refractivity contribution is -0.118. The highest BCUT2D eigenvalue weighted by Crippen LogP contribution is 2.24. The molecule has 0 aliphatic heterocycles. The van der Waals surface area contributed by atoms with Gasteiger partial charge in [-0.05, 0) is 52.9 Å². The van der Waals surface area contributed by atoms with E-state index in [9.17, 15) is 19.8 Å². The second-order valence-electron chi connectivity index (χ2n) is 7.95. The van der Waals surface area contributed by atoms with Gasteiger partial charge in [0.25, 0.3) is 0 Å². The van der Waals surface area contributed by atoms with Gasteiger partial charge in [0.15, 0.2) is 16.6 Å². The third kappa shape index (κ3) is 8.52. The highest BCUT2D eigenvalue weighted by molar-refractivity contribution is 6.86. The summed E-state index contributed by atoms with van der Waals surface area (Å²) in [6.07, 6.45) is 0.761. The third-order valence-corrected chi connectivity index (χ3v) is 12.9. The number of carbonyl (C=O) groups excluding carboxylic acids is 2. The predicted molar refractivity (Wildman–Crippen MR) is 113 cm³/mol. The standard InChI is InChI=1S/C18H36N2O5Si2/c1-13(2)17(23)19-15(9-11-21)26(5,6)25-27(7,8)16(10-12-22)20-18(24)14(3)4/h15-16,21-22H,1,3,9-12H2,2,4-8H3,(H,19,23)(H,20,24). The first-order valence-corrected chi connectivity index (χ1v) is 15.1. The van der Waals surface area contributed by atoms with Gasteiger partial charge in [0.05, 0.1) is 0 Å². The molecule has 0 saturated carbocycles. The maximum absolute atomic E-state index is 12.1. The Bertz CT molecular complexity index is 516. The lowest BCUT2D eigenvalue weighted by Crippen LogP contribution is -2.64. The van der Waals surface area contributed by atoms with E-state index >= 15 is 0 Å². The lowest BCUT2D eigenvalue weighted by atomic mass is 10.3. The number of aliphatic hydroxyl groups excluding tert-OH is 2. The van der Waals surface area contributed by atoms with Gasteiger partial charge in [0, 0.05) is 35.7 Å². The molecule has 0 rings (SSSR count). The maximum atomic E-state index is 12.1. The zero-order valence-corrected chi connectivity index (χ0v) is 19.5. The van der Waals surface area contributed by atoms with Crippen LogP contribution in [0.2, 0.25) is 26.2 Å². The summed E-state index contributed by atoms with van der Waals surface area (Å²) in [6, 6.07) is 0. The van der Waals surface area contributed by atoms with Gasteiger partial charge in [-0.15, -0.1) is 0 Å². The summed E-state index contributed by atoms with van der Waals surface area (Å²) in [5, 5.41) is 24.7. The highest BCUT2D eigenvalue weighted by Gasteiger charge is 2.44. The van der Waals surface area contributed by atoms with Crippen LogP contribution in [0.5, 0.6) is 0 Å². The molecule has 0 aromatic heterocycles. The largest absolute Gasteiger partial charge is 0.453 e. The van der Waals surface area contributed by atoms with Crippen LogP contribution in [0.15, 0.2) is 24.3 Å². The Kier molecular flexibility index (Phi) is 10.4. The minimum absolute atomic E-state index is 0.0740. The van der Waals surface area contributed by atoms with E-state index in [4.69, 9.17) is 4.12 Å². The molecule has 4 N–H and O–H groups in total. The summed E-state index contributed by atoms with van der Waals surface area (Å²) in [6.45, 7) is 18.3. The Morgan fingerprint density at radius 1 is 0.852 bits per heavy atom. The van der Waals surface area contributed by atoms with Crippen LogP contribution in [0.1, 0.15) is 26.7 Å². The van der Waals surface area contributed by atoms with Crippen LogP contribution < -0.4 is 10.6 Å². The number of nitrogens with one attached hydrogen (secondary N) is 2. The van der Waals surface area contributed by atoms with Gasteiger partial charge in [-0.1, -0.05) is 13.2 Å². The molecule has 2 unspecified atom stereocenters. The Balaban J connectivity index is 5.49. The highest BCUT2D eigenvalue weighted by atomic mass is 28.4. The smallest absolute Gasteiger partial charge is 0.246 e. The second kappa shape index (κ2) is 10.9. The van der Waals surface area contributed by atoms with E-state index in [1.807, 2.05) is 26.2 Å². The predicted octanol–water partition coefficient (Wildman–Crippen LogP) is 1.38. The van der Waals surface area contributed by atoms with Crippen molar-refractivity contribution in [3.8, 4) is 0 Å². The molecule has 0 aromatic rings. The molecule has 0 saturated heterocycles. The minimum atomic E-state index is -2.49. The molecular weight excluding hydrogens is 380 g/mol. The maximum Gasteiger partial charge on any atom is 0.246 e. The first-order chi connectivity index (χ1) is 12.3. The van der Waals surface area contributed by atoms with E-state index in [2.05, 4.69) is 23.8 Å². The molecule has 0 spiro atoms. The fraction of sp³-hybridized carbons (Fsp3) is 0.667. The topological polar surface area (TPSA) is 108 Å². The second-order valence-corrected chi connectivity index (χ2v) is 16.6. The van der Waals surface area contributed by atoms with Crippen molar-refractivity contribution in [3.63, 3.8) is 0 Å². The molecule has 0 heterocycles. The van der Waals surface area contributed by atoms with E-state index in [1.54, 1.807) is 13.8 Å². The number of rotatable bonds is 12. The van der Waals surface area contributed by atoms with Crippen LogP contribution in [0.4, 0.5) is 0 Å². The molecule has 2 amide bonds. The molecule has 2 atom stereocenters. The SMILES string of the molecule is C=C(C)C(=O)NC(CCO)[Si](C)(C)O[Si](C)(C)C(CCO)NC(=O)C(=C)C. The van der Waals surface area contributed by atoms with Crippen molar-refractivity contribution >= 4 is 28.4 Å². The molecule has 0 radical (unpaired) electrons. The van der Waals surface area contributed by atoms with Gasteiger partial charge in [-0.2, -0.15) is 0 Å². The summed E-state index contributed by atoms with van der Waals surface area (Å²) >= 11 is 0. The summed E-state index contributed by atoms with van der Waals surface area (Å²) in [5.41, 5.74) is 0.187. The monoisotopic (exact) mass is 416 g/mol. The van der Waals surface area contributed by atoms with Gasteiger partial charge in [0.1, 0.15) is 0 Å². The molecule has 7 nitrogen and oxygen atoms in total. The normalized spacial score (nSPS) is 14.2. The molecule has 9 heteroatoms. The van der Waals surface area contributed by atoms with Gasteiger partial charge in [-0.25, -0.2) is 0 Å². The molecule has 0 aromatic carbocycles. The Labute approximate surface area is 165 Å². The molecule has 27 heavy (non-hydrogen) atoms. The van der Waals surface area contributed by atoms with E-state index < -0.39 is 16.6 Å². The first kappa shape index (κ1) is 25.7. The van der Waals surface area contributed by atoms with Gasteiger partial charge in [-0.3, -0.25) is 9.59 Å². The number of aliphatic hydroxyl groups is 2.